The number of likely N-dealkylation sites (N-methyl/N-ethyl adjacent to an activating group) is 1. The van der Waals surface area contributed by atoms with Gasteiger partial charge in [0.2, 0.25) is 5.79 Å². The number of fused-ring (bicyclic) bond motifs is 3. The lowest BCUT2D eigenvalue weighted by Crippen LogP contribution is -2.77. The first-order valence-electron chi connectivity index (χ1n) is 10.8. The van der Waals surface area contributed by atoms with E-state index in [9.17, 15) is 4.79 Å². The minimum atomic E-state index is -1.10. The summed E-state index contributed by atoms with van der Waals surface area (Å²) in [7, 11) is 8.73. The van der Waals surface area contributed by atoms with E-state index in [4.69, 9.17) is 28.4 Å². The molecule has 2 bridgehead atoms. The van der Waals surface area contributed by atoms with Crippen LogP contribution in [0.2, 0.25) is 0 Å². The summed E-state index contributed by atoms with van der Waals surface area (Å²) in [6, 6.07) is 4.01. The minimum absolute atomic E-state index is 0.197. The Kier molecular flexibility index (Phi) is 4.61. The zero-order valence-corrected chi connectivity index (χ0v) is 19.0. The van der Waals surface area contributed by atoms with E-state index in [0.717, 1.165) is 36.3 Å². The maximum atomic E-state index is 12.1. The van der Waals surface area contributed by atoms with E-state index in [0.29, 0.717) is 12.2 Å². The third-order valence-corrected chi connectivity index (χ3v) is 8.23. The van der Waals surface area contributed by atoms with Gasteiger partial charge in [-0.15, -0.1) is 0 Å². The van der Waals surface area contributed by atoms with Crippen molar-refractivity contribution in [3.8, 4) is 11.5 Å². The monoisotopic (exact) mass is 433 g/mol. The van der Waals surface area contributed by atoms with Crippen molar-refractivity contribution in [3.63, 3.8) is 0 Å². The summed E-state index contributed by atoms with van der Waals surface area (Å²) in [5.41, 5.74) is 1.25. The molecule has 2 saturated heterocycles. The molecule has 0 N–H and O–H groups in total. The van der Waals surface area contributed by atoms with Gasteiger partial charge in [0.25, 0.3) is 0 Å². The van der Waals surface area contributed by atoms with Gasteiger partial charge in [-0.25, -0.2) is 0 Å². The highest BCUT2D eigenvalue weighted by molar-refractivity contribution is 5.67. The fourth-order valence-electron chi connectivity index (χ4n) is 7.37. The number of hydrogen-bond donors (Lipinski definition) is 0. The second-order valence-electron chi connectivity index (χ2n) is 9.07. The highest BCUT2D eigenvalue weighted by Crippen LogP contribution is 2.73. The van der Waals surface area contributed by atoms with Gasteiger partial charge in [0, 0.05) is 38.5 Å². The molecule has 1 aromatic carbocycles. The van der Waals surface area contributed by atoms with Crippen LogP contribution in [-0.2, 0) is 29.2 Å². The fourth-order valence-corrected chi connectivity index (χ4v) is 7.37. The highest BCUT2D eigenvalue weighted by Gasteiger charge is 2.83. The van der Waals surface area contributed by atoms with Crippen LogP contribution in [0.4, 0.5) is 0 Å². The normalized spacial score (nSPS) is 40.3. The van der Waals surface area contributed by atoms with Gasteiger partial charge in [0.15, 0.2) is 11.5 Å². The van der Waals surface area contributed by atoms with Crippen molar-refractivity contribution in [1.82, 2.24) is 4.90 Å². The zero-order chi connectivity index (χ0) is 22.2. The predicted octanol–water partition coefficient (Wildman–Crippen LogP) is 2.18. The van der Waals surface area contributed by atoms with Crippen LogP contribution in [0.5, 0.6) is 11.5 Å². The van der Waals surface area contributed by atoms with Crippen molar-refractivity contribution in [1.29, 1.82) is 0 Å². The molecule has 8 nitrogen and oxygen atoms in total. The summed E-state index contributed by atoms with van der Waals surface area (Å²) in [6.45, 7) is 2.28. The number of methoxy groups -OCH3 is 4. The van der Waals surface area contributed by atoms with Crippen molar-refractivity contribution < 1.29 is 33.2 Å². The Morgan fingerprint density at radius 2 is 1.94 bits per heavy atom. The summed E-state index contributed by atoms with van der Waals surface area (Å²) < 4.78 is 36.5. The molecule has 170 valence electrons. The molecular weight excluding hydrogens is 402 g/mol. The molecule has 1 aromatic rings. The van der Waals surface area contributed by atoms with Crippen LogP contribution in [-0.4, -0.2) is 76.4 Å². The number of carbonyl (C=O) groups is 1. The molecule has 6 atom stereocenters. The van der Waals surface area contributed by atoms with Gasteiger partial charge in [0.1, 0.15) is 12.2 Å². The summed E-state index contributed by atoms with van der Waals surface area (Å²) in [5.74, 6) is -0.0494. The molecule has 5 rings (SSSR count). The highest BCUT2D eigenvalue weighted by atomic mass is 16.7. The quantitative estimate of drug-likeness (QED) is 0.654. The van der Waals surface area contributed by atoms with Crippen LogP contribution in [0.1, 0.15) is 43.4 Å². The molecule has 4 aliphatic rings. The van der Waals surface area contributed by atoms with Crippen LogP contribution >= 0.6 is 0 Å². The molecule has 0 amide bonds. The summed E-state index contributed by atoms with van der Waals surface area (Å²) >= 11 is 0. The topological polar surface area (TPSA) is 75.7 Å². The standard InChI is InChI=1S/C23H31NO7/c1-13(25)30-17-11-21-9-10-24(2)22(21)12-16(31-23(22,29-6)20(17)28-5)14-7-8-15(26-3)19(27-4)18(14)21/h7-8,16-17,20H,9-12H2,1-6H3/t16-,17-,20-,21-,22-,23?/m0/s1. The van der Waals surface area contributed by atoms with Crippen LogP contribution in [0.25, 0.3) is 0 Å². The number of benzene rings is 1. The lowest BCUT2D eigenvalue weighted by molar-refractivity contribution is -0.340. The van der Waals surface area contributed by atoms with Gasteiger partial charge in [-0.1, -0.05) is 6.07 Å². The Balaban J connectivity index is 1.85. The molecule has 2 aliphatic heterocycles. The lowest BCUT2D eigenvalue weighted by Gasteiger charge is -2.61. The largest absolute Gasteiger partial charge is 0.493 e. The average molecular weight is 434 g/mol. The Bertz CT molecular complexity index is 921. The number of likely N-dealkylation sites (tertiary alicyclic amines) is 1. The van der Waals surface area contributed by atoms with Crippen LogP contribution < -0.4 is 9.47 Å². The Hall–Kier alpha value is -1.87. The molecule has 1 spiro atoms. The number of ether oxygens (including phenoxy) is 6. The molecule has 3 fully saturated rings. The van der Waals surface area contributed by atoms with E-state index in [1.54, 1.807) is 28.4 Å². The van der Waals surface area contributed by atoms with Crippen molar-refractivity contribution >= 4 is 5.97 Å². The number of nitrogens with zero attached hydrogens (tertiary/aromatic N) is 1. The third-order valence-electron chi connectivity index (χ3n) is 8.23. The summed E-state index contributed by atoms with van der Waals surface area (Å²) in [6.07, 6.45) is 0.928. The van der Waals surface area contributed by atoms with Crippen LogP contribution in [0.3, 0.4) is 0 Å². The van der Waals surface area contributed by atoms with Crippen molar-refractivity contribution in [3.05, 3.63) is 23.3 Å². The molecule has 1 unspecified atom stereocenters. The van der Waals surface area contributed by atoms with Gasteiger partial charge in [-0.3, -0.25) is 9.69 Å². The second kappa shape index (κ2) is 6.81. The van der Waals surface area contributed by atoms with E-state index in [1.165, 1.54) is 6.92 Å². The zero-order valence-electron chi connectivity index (χ0n) is 19.0. The fraction of sp³-hybridized carbons (Fsp3) is 0.696. The van der Waals surface area contributed by atoms with Crippen LogP contribution in [0.15, 0.2) is 12.1 Å². The van der Waals surface area contributed by atoms with Gasteiger partial charge >= 0.3 is 5.97 Å². The van der Waals surface area contributed by atoms with E-state index >= 15 is 0 Å². The van der Waals surface area contributed by atoms with E-state index < -0.39 is 28.9 Å². The first-order chi connectivity index (χ1) is 14.9. The molecule has 0 aromatic heterocycles. The minimum Gasteiger partial charge on any atom is -0.493 e. The molecule has 1 saturated carbocycles. The van der Waals surface area contributed by atoms with Gasteiger partial charge in [-0.05, 0) is 38.1 Å². The van der Waals surface area contributed by atoms with Gasteiger partial charge in [0.05, 0.1) is 25.9 Å². The smallest absolute Gasteiger partial charge is 0.302 e. The predicted molar refractivity (Wildman–Crippen MR) is 110 cm³/mol. The first kappa shape index (κ1) is 21.0. The maximum Gasteiger partial charge on any atom is 0.302 e. The van der Waals surface area contributed by atoms with E-state index in [-0.39, 0.29) is 12.1 Å². The number of carbonyl (C=O) groups excluding carboxylic acids is 1. The summed E-state index contributed by atoms with van der Waals surface area (Å²) in [5, 5.41) is 0. The SMILES string of the molecule is COc1ccc2c(c1OC)[C@@]13CCN(C)[C@@]14C[C@@H]2OC4(OC)[C@@H](OC)[C@@H](OC(C)=O)C3. The number of rotatable bonds is 5. The Morgan fingerprint density at radius 3 is 2.55 bits per heavy atom. The third kappa shape index (κ3) is 2.21. The van der Waals surface area contributed by atoms with Gasteiger partial charge < -0.3 is 28.4 Å². The van der Waals surface area contributed by atoms with Crippen molar-refractivity contribution in [2.75, 3.05) is 42.0 Å². The van der Waals surface area contributed by atoms with Crippen molar-refractivity contribution in [2.45, 2.75) is 61.2 Å². The van der Waals surface area contributed by atoms with Gasteiger partial charge in [-0.2, -0.15) is 0 Å². The summed E-state index contributed by atoms with van der Waals surface area (Å²) in [4.78, 5) is 14.4. The molecular formula is C23H31NO7. The number of esters is 1. The molecule has 0 radical (unpaired) electrons. The van der Waals surface area contributed by atoms with Crippen molar-refractivity contribution in [2.24, 2.45) is 0 Å². The van der Waals surface area contributed by atoms with E-state index in [2.05, 4.69) is 18.0 Å². The van der Waals surface area contributed by atoms with E-state index in [1.807, 2.05) is 6.07 Å². The Morgan fingerprint density at radius 1 is 1.16 bits per heavy atom. The Labute approximate surface area is 182 Å². The second-order valence-corrected chi connectivity index (χ2v) is 9.07. The molecule has 31 heavy (non-hydrogen) atoms. The molecule has 8 heteroatoms. The van der Waals surface area contributed by atoms with Crippen LogP contribution in [0, 0.1) is 0 Å². The maximum absolute atomic E-state index is 12.1. The molecule has 2 aliphatic carbocycles. The average Bonchev–Trinajstić information content (AvgIpc) is 3.26. The first-order valence-corrected chi connectivity index (χ1v) is 10.8. The lowest BCUT2D eigenvalue weighted by atomic mass is 9.50. The number of hydrogen-bond acceptors (Lipinski definition) is 8. The molecule has 2 heterocycles.